The van der Waals surface area contributed by atoms with Gasteiger partial charge in [-0.1, -0.05) is 6.07 Å². The van der Waals surface area contributed by atoms with E-state index in [1.54, 1.807) is 25.3 Å². The zero-order chi connectivity index (χ0) is 15.1. The molecule has 0 unspecified atom stereocenters. The van der Waals surface area contributed by atoms with E-state index < -0.39 is 12.0 Å². The molecule has 20 heavy (non-hydrogen) atoms. The number of halogens is 1. The number of esters is 1. The highest BCUT2D eigenvalue weighted by molar-refractivity contribution is 9.10. The van der Waals surface area contributed by atoms with Crippen LogP contribution in [0.15, 0.2) is 22.7 Å². The van der Waals surface area contributed by atoms with Crippen LogP contribution in [0.5, 0.6) is 5.75 Å². The van der Waals surface area contributed by atoms with Gasteiger partial charge < -0.3 is 20.5 Å². The molecule has 0 aromatic heterocycles. The Hall–Kier alpha value is -1.60. The van der Waals surface area contributed by atoms with Gasteiger partial charge in [-0.3, -0.25) is 9.59 Å². The van der Waals surface area contributed by atoms with Crippen LogP contribution in [0.25, 0.3) is 0 Å². The van der Waals surface area contributed by atoms with Crippen molar-refractivity contribution in [3.63, 3.8) is 0 Å². The summed E-state index contributed by atoms with van der Waals surface area (Å²) in [6, 6.07) is 4.80. The molecule has 0 heterocycles. The number of nitrogens with two attached hydrogens (primary N) is 1. The van der Waals surface area contributed by atoms with Gasteiger partial charge in [0.15, 0.2) is 0 Å². The molecule has 0 fully saturated rings. The van der Waals surface area contributed by atoms with Gasteiger partial charge in [0.25, 0.3) is 0 Å². The quantitative estimate of drug-likeness (QED) is 0.755. The van der Waals surface area contributed by atoms with Gasteiger partial charge in [0.2, 0.25) is 5.91 Å². The van der Waals surface area contributed by atoms with Crippen LogP contribution in [0.2, 0.25) is 0 Å². The molecule has 1 rings (SSSR count). The largest absolute Gasteiger partial charge is 0.496 e. The highest BCUT2D eigenvalue weighted by Crippen LogP contribution is 2.29. The van der Waals surface area contributed by atoms with Crippen molar-refractivity contribution in [1.29, 1.82) is 0 Å². The van der Waals surface area contributed by atoms with Gasteiger partial charge in [-0.05, 0) is 33.6 Å². The first-order valence-corrected chi connectivity index (χ1v) is 6.70. The summed E-state index contributed by atoms with van der Waals surface area (Å²) in [4.78, 5) is 22.9. The van der Waals surface area contributed by atoms with Gasteiger partial charge >= 0.3 is 5.97 Å². The Balaban J connectivity index is 2.99. The van der Waals surface area contributed by atoms with Crippen LogP contribution < -0.4 is 15.8 Å². The van der Waals surface area contributed by atoms with E-state index in [1.165, 1.54) is 7.11 Å². The Morgan fingerprint density at radius 2 is 2.10 bits per heavy atom. The molecule has 1 aromatic rings. The lowest BCUT2D eigenvalue weighted by Gasteiger charge is -2.18. The summed E-state index contributed by atoms with van der Waals surface area (Å²) in [5, 5.41) is 2.69. The minimum atomic E-state index is -0.499. The van der Waals surface area contributed by atoms with E-state index in [4.69, 9.17) is 10.5 Å². The number of carbonyl (C=O) groups excluding carboxylic acids is 2. The molecule has 0 radical (unpaired) electrons. The van der Waals surface area contributed by atoms with Gasteiger partial charge in [-0.25, -0.2) is 0 Å². The van der Waals surface area contributed by atoms with Crippen LogP contribution in [0.3, 0.4) is 0 Å². The van der Waals surface area contributed by atoms with E-state index >= 15 is 0 Å². The van der Waals surface area contributed by atoms with Crippen molar-refractivity contribution in [2.24, 2.45) is 5.73 Å². The first-order chi connectivity index (χ1) is 9.51. The van der Waals surface area contributed by atoms with Crippen molar-refractivity contribution in [2.75, 3.05) is 20.8 Å². The van der Waals surface area contributed by atoms with Gasteiger partial charge in [-0.15, -0.1) is 0 Å². The van der Waals surface area contributed by atoms with Crippen LogP contribution in [-0.2, 0) is 14.3 Å². The lowest BCUT2D eigenvalue weighted by atomic mass is 10.0. The van der Waals surface area contributed by atoms with E-state index in [0.29, 0.717) is 5.75 Å². The molecule has 0 spiro atoms. The lowest BCUT2D eigenvalue weighted by Crippen LogP contribution is -2.35. The molecular weight excluding hydrogens is 328 g/mol. The molecular formula is C13H17BrN2O4. The van der Waals surface area contributed by atoms with Crippen molar-refractivity contribution in [2.45, 2.75) is 12.5 Å². The minimum Gasteiger partial charge on any atom is -0.496 e. The molecule has 110 valence electrons. The molecule has 0 bridgehead atoms. The highest BCUT2D eigenvalue weighted by Gasteiger charge is 2.19. The summed E-state index contributed by atoms with van der Waals surface area (Å²) in [7, 11) is 2.86. The topological polar surface area (TPSA) is 90.7 Å². The third kappa shape index (κ3) is 4.50. The molecule has 0 aliphatic rings. The number of methoxy groups -OCH3 is 2. The molecule has 1 aromatic carbocycles. The fourth-order valence-electron chi connectivity index (χ4n) is 1.65. The first-order valence-electron chi connectivity index (χ1n) is 5.91. The summed E-state index contributed by atoms with van der Waals surface area (Å²) >= 11 is 3.36. The predicted molar refractivity (Wildman–Crippen MR) is 77.3 cm³/mol. The van der Waals surface area contributed by atoms with Crippen LogP contribution in [0, 0.1) is 0 Å². The summed E-state index contributed by atoms with van der Waals surface area (Å²) in [5.74, 6) is -0.0965. The van der Waals surface area contributed by atoms with Crippen molar-refractivity contribution in [1.82, 2.24) is 5.32 Å². The Bertz CT molecular complexity index is 475. The Kier molecular flexibility index (Phi) is 6.47. The summed E-state index contributed by atoms with van der Waals surface area (Å²) in [6.07, 6.45) is 0.0288. The highest BCUT2D eigenvalue weighted by atomic mass is 79.9. The fraction of sp³-hybridized carbons (Fsp3) is 0.385. The number of hydrogen-bond acceptors (Lipinski definition) is 5. The van der Waals surface area contributed by atoms with Crippen LogP contribution in [0.1, 0.15) is 18.0 Å². The van der Waals surface area contributed by atoms with E-state index in [0.717, 1.165) is 10.0 Å². The molecule has 7 heteroatoms. The van der Waals surface area contributed by atoms with Gasteiger partial charge in [0, 0.05) is 0 Å². The maximum Gasteiger partial charge on any atom is 0.307 e. The van der Waals surface area contributed by atoms with Crippen molar-refractivity contribution in [3.05, 3.63) is 28.2 Å². The Morgan fingerprint density at radius 1 is 1.40 bits per heavy atom. The SMILES string of the molecule is COC(=O)C[C@H](NC(=O)CN)c1ccc(OC)c(Br)c1. The second kappa shape index (κ2) is 7.86. The lowest BCUT2D eigenvalue weighted by molar-refractivity contribution is -0.141. The zero-order valence-corrected chi connectivity index (χ0v) is 12.9. The van der Waals surface area contributed by atoms with Crippen LogP contribution in [-0.4, -0.2) is 32.6 Å². The average molecular weight is 345 g/mol. The van der Waals surface area contributed by atoms with Gasteiger partial charge in [-0.2, -0.15) is 0 Å². The second-order valence-corrected chi connectivity index (χ2v) is 4.85. The number of amides is 1. The average Bonchev–Trinajstić information content (AvgIpc) is 2.45. The summed E-state index contributed by atoms with van der Waals surface area (Å²) in [5.41, 5.74) is 6.03. The molecule has 6 nitrogen and oxygen atoms in total. The van der Waals surface area contributed by atoms with Crippen molar-refractivity contribution in [3.8, 4) is 5.75 Å². The molecule has 0 aliphatic heterocycles. The number of benzene rings is 1. The maximum atomic E-state index is 11.4. The minimum absolute atomic E-state index is 0.0288. The monoisotopic (exact) mass is 344 g/mol. The normalized spacial score (nSPS) is 11.6. The van der Waals surface area contributed by atoms with Gasteiger partial charge in [0.1, 0.15) is 5.75 Å². The number of carbonyl (C=O) groups is 2. The molecule has 1 amide bonds. The molecule has 0 saturated heterocycles. The molecule has 0 aliphatic carbocycles. The molecule has 0 saturated carbocycles. The number of rotatable bonds is 6. The van der Waals surface area contributed by atoms with Crippen LogP contribution >= 0.6 is 15.9 Å². The van der Waals surface area contributed by atoms with Crippen molar-refractivity contribution < 1.29 is 19.1 Å². The smallest absolute Gasteiger partial charge is 0.307 e. The third-order valence-corrected chi connectivity index (χ3v) is 3.32. The van der Waals surface area contributed by atoms with Crippen LogP contribution in [0.4, 0.5) is 0 Å². The third-order valence-electron chi connectivity index (χ3n) is 2.70. The van der Waals surface area contributed by atoms with Crippen molar-refractivity contribution >= 4 is 27.8 Å². The predicted octanol–water partition coefficient (Wildman–Crippen LogP) is 1.14. The number of nitrogens with one attached hydrogen (secondary N) is 1. The van der Waals surface area contributed by atoms with E-state index in [9.17, 15) is 9.59 Å². The van der Waals surface area contributed by atoms with E-state index in [1.807, 2.05) is 0 Å². The number of hydrogen-bond donors (Lipinski definition) is 2. The van der Waals surface area contributed by atoms with E-state index in [2.05, 4.69) is 26.0 Å². The standard InChI is InChI=1S/C13H17BrN2O4/c1-19-11-4-3-8(5-9(11)14)10(6-13(18)20-2)16-12(17)7-15/h3-5,10H,6-7,15H2,1-2H3,(H,16,17)/t10-/m0/s1. The zero-order valence-electron chi connectivity index (χ0n) is 11.3. The molecule has 3 N–H and O–H groups in total. The fourth-order valence-corrected chi connectivity index (χ4v) is 2.21. The summed E-state index contributed by atoms with van der Waals surface area (Å²) in [6.45, 7) is -0.144. The molecule has 1 atom stereocenters. The maximum absolute atomic E-state index is 11.4. The van der Waals surface area contributed by atoms with Gasteiger partial charge in [0.05, 0.1) is 37.7 Å². The van der Waals surface area contributed by atoms with E-state index in [-0.39, 0.29) is 18.9 Å². The Labute approximate surface area is 125 Å². The first kappa shape index (κ1) is 16.5. The second-order valence-electron chi connectivity index (χ2n) is 4.00. The Morgan fingerprint density at radius 3 is 2.60 bits per heavy atom. The summed E-state index contributed by atoms with van der Waals surface area (Å²) < 4.78 is 10.5. The number of ether oxygens (including phenoxy) is 2.